The molecule has 1 saturated heterocycles. The molecule has 0 bridgehead atoms. The Hall–Kier alpha value is -3.05. The number of hydrogen-bond acceptors (Lipinski definition) is 8. The lowest BCUT2D eigenvalue weighted by Gasteiger charge is -2.29. The first kappa shape index (κ1) is 27.5. The van der Waals surface area contributed by atoms with Crippen LogP contribution in [0.1, 0.15) is 44.1 Å². The molecule has 2 N–H and O–H groups in total. The number of aromatic nitrogens is 1. The first-order valence-electron chi connectivity index (χ1n) is 13.2. The largest absolute Gasteiger partial charge is 0.481 e. The quantitative estimate of drug-likeness (QED) is 0.313. The molecule has 1 saturated carbocycles. The Morgan fingerprint density at radius 1 is 1.15 bits per heavy atom. The molecule has 1 aliphatic heterocycles. The second-order valence-electron chi connectivity index (χ2n) is 10.1. The molecule has 0 radical (unpaired) electrons. The van der Waals surface area contributed by atoms with E-state index in [2.05, 4.69) is 10.3 Å². The van der Waals surface area contributed by atoms with Gasteiger partial charge in [-0.05, 0) is 62.3 Å². The number of oxazole rings is 1. The molecule has 3 aromatic rings. The smallest absolute Gasteiger partial charge is 0.306 e. The van der Waals surface area contributed by atoms with Crippen molar-refractivity contribution in [1.29, 1.82) is 0 Å². The van der Waals surface area contributed by atoms with Gasteiger partial charge in [-0.15, -0.1) is 0 Å². The summed E-state index contributed by atoms with van der Waals surface area (Å²) in [5.41, 5.74) is 1.07. The number of nitrogens with zero attached hydrogens (tertiary/aromatic N) is 2. The van der Waals surface area contributed by atoms with Crippen LogP contribution >= 0.6 is 11.6 Å². The number of nitrogens with one attached hydrogen (secondary N) is 1. The molecule has 2 fully saturated rings. The van der Waals surface area contributed by atoms with Crippen LogP contribution < -0.4 is 5.32 Å². The lowest BCUT2D eigenvalue weighted by Crippen LogP contribution is -2.37. The molecule has 1 aliphatic carbocycles. The Morgan fingerprint density at radius 2 is 1.95 bits per heavy atom. The van der Waals surface area contributed by atoms with E-state index in [4.69, 9.17) is 30.7 Å². The van der Waals surface area contributed by atoms with Crippen molar-refractivity contribution in [3.63, 3.8) is 0 Å². The fourth-order valence-corrected chi connectivity index (χ4v) is 5.34. The van der Waals surface area contributed by atoms with Gasteiger partial charge < -0.3 is 19.6 Å². The Balaban J connectivity index is 1.12. The highest BCUT2D eigenvalue weighted by Gasteiger charge is 2.30. The second kappa shape index (κ2) is 12.4. The molecule has 0 amide bonds. The predicted octanol–water partition coefficient (Wildman–Crippen LogP) is 5.53. The molecule has 208 valence electrons. The number of hydroxylamine groups is 2. The fraction of sp³-hybridized carbons (Fsp3) is 0.464. The molecule has 0 unspecified atom stereocenters. The third-order valence-corrected chi connectivity index (χ3v) is 7.67. The van der Waals surface area contributed by atoms with Gasteiger partial charge in [0, 0.05) is 13.0 Å². The molecule has 2 heterocycles. The van der Waals surface area contributed by atoms with E-state index >= 15 is 4.39 Å². The van der Waals surface area contributed by atoms with Crippen molar-refractivity contribution in [2.45, 2.75) is 57.1 Å². The maximum Gasteiger partial charge on any atom is 0.306 e. The maximum atomic E-state index is 15.2. The molecule has 0 spiro atoms. The van der Waals surface area contributed by atoms with Crippen molar-refractivity contribution in [3.8, 4) is 0 Å². The summed E-state index contributed by atoms with van der Waals surface area (Å²) in [6, 6.07) is 10.3. The number of rotatable bonds is 11. The molecule has 1 aromatic heterocycles. The van der Waals surface area contributed by atoms with Crippen LogP contribution in [0.4, 0.5) is 16.1 Å². The number of aliphatic carboxylic acids is 1. The van der Waals surface area contributed by atoms with Crippen LogP contribution in [0.25, 0.3) is 11.1 Å². The first-order valence-corrected chi connectivity index (χ1v) is 13.6. The molecule has 5 rings (SSSR count). The van der Waals surface area contributed by atoms with Crippen molar-refractivity contribution in [2.24, 2.45) is 5.92 Å². The lowest BCUT2D eigenvalue weighted by atomic mass is 9.87. The minimum absolute atomic E-state index is 0.0290. The number of hydrogen-bond donors (Lipinski definition) is 2. The molecule has 39 heavy (non-hydrogen) atoms. The lowest BCUT2D eigenvalue weighted by molar-refractivity contribution is -0.186. The van der Waals surface area contributed by atoms with E-state index in [0.717, 1.165) is 25.7 Å². The number of Topliss-reactive ketones (excluding diaryl/α,β-unsaturated/α-hetero) is 1. The molecule has 9 nitrogen and oxygen atoms in total. The first-order chi connectivity index (χ1) is 18.9. The summed E-state index contributed by atoms with van der Waals surface area (Å²) in [4.78, 5) is 33.9. The SMILES string of the molecule is O=C(CON1CCC[C@H]1CO[C@H]1CC[C@H](C(=O)O)CC1)Cc1ccc2nc(Nc3ccccc3Cl)oc2c1F. The number of halogens is 2. The van der Waals surface area contributed by atoms with E-state index in [1.54, 1.807) is 35.4 Å². The Kier molecular flexibility index (Phi) is 8.76. The average molecular weight is 560 g/mol. The minimum Gasteiger partial charge on any atom is -0.481 e. The molecular weight excluding hydrogens is 529 g/mol. The molecule has 2 aromatic carbocycles. The highest BCUT2D eigenvalue weighted by atomic mass is 35.5. The third-order valence-electron chi connectivity index (χ3n) is 7.34. The zero-order valence-corrected chi connectivity index (χ0v) is 22.2. The minimum atomic E-state index is -0.732. The number of carboxylic acids is 1. The summed E-state index contributed by atoms with van der Waals surface area (Å²) < 4.78 is 26.8. The van der Waals surface area contributed by atoms with Gasteiger partial charge in [-0.3, -0.25) is 14.4 Å². The number of carboxylic acid groups (broad SMARTS) is 1. The van der Waals surface area contributed by atoms with E-state index in [1.807, 2.05) is 0 Å². The summed E-state index contributed by atoms with van der Waals surface area (Å²) >= 11 is 6.16. The van der Waals surface area contributed by atoms with Gasteiger partial charge in [-0.25, -0.2) is 4.39 Å². The second-order valence-corrected chi connectivity index (χ2v) is 10.5. The van der Waals surface area contributed by atoms with E-state index in [1.165, 1.54) is 6.07 Å². The number of anilines is 2. The average Bonchev–Trinajstić information content (AvgIpc) is 3.56. The van der Waals surface area contributed by atoms with Crippen LogP contribution in [-0.4, -0.2) is 58.8 Å². The highest BCUT2D eigenvalue weighted by Crippen LogP contribution is 2.30. The van der Waals surface area contributed by atoms with Gasteiger partial charge in [0.15, 0.2) is 17.2 Å². The van der Waals surface area contributed by atoms with E-state index in [-0.39, 0.29) is 54.0 Å². The van der Waals surface area contributed by atoms with Gasteiger partial charge in [0.25, 0.3) is 6.01 Å². The van der Waals surface area contributed by atoms with Crippen molar-refractivity contribution in [2.75, 3.05) is 25.1 Å². The summed E-state index contributed by atoms with van der Waals surface area (Å²) in [7, 11) is 0. The summed E-state index contributed by atoms with van der Waals surface area (Å²) in [5.74, 6) is -1.90. The van der Waals surface area contributed by atoms with Crippen LogP contribution in [0.15, 0.2) is 40.8 Å². The van der Waals surface area contributed by atoms with Gasteiger partial charge in [-0.1, -0.05) is 29.8 Å². The van der Waals surface area contributed by atoms with Crippen LogP contribution in [-0.2, 0) is 25.6 Å². The maximum absolute atomic E-state index is 15.2. The third kappa shape index (κ3) is 6.75. The monoisotopic (exact) mass is 559 g/mol. The topological polar surface area (TPSA) is 114 Å². The summed E-state index contributed by atoms with van der Waals surface area (Å²) in [5, 5.41) is 14.3. The number of para-hydroxylation sites is 1. The van der Waals surface area contributed by atoms with Gasteiger partial charge in [0.1, 0.15) is 12.1 Å². The van der Waals surface area contributed by atoms with Crippen LogP contribution in [0.3, 0.4) is 0 Å². The van der Waals surface area contributed by atoms with Gasteiger partial charge >= 0.3 is 5.97 Å². The number of carbonyl (C=O) groups is 2. The number of ketones is 1. The van der Waals surface area contributed by atoms with Crippen LogP contribution in [0.2, 0.25) is 5.02 Å². The van der Waals surface area contributed by atoms with Crippen molar-refractivity contribution in [1.82, 2.24) is 10.0 Å². The van der Waals surface area contributed by atoms with E-state index < -0.39 is 11.8 Å². The number of carbonyl (C=O) groups excluding carboxylic acids is 1. The van der Waals surface area contributed by atoms with E-state index in [0.29, 0.717) is 42.2 Å². The fourth-order valence-electron chi connectivity index (χ4n) is 5.16. The summed E-state index contributed by atoms with van der Waals surface area (Å²) in [6.07, 6.45) is 4.47. The Bertz CT molecular complexity index is 1330. The van der Waals surface area contributed by atoms with Crippen molar-refractivity contribution >= 4 is 46.2 Å². The van der Waals surface area contributed by atoms with Crippen LogP contribution in [0, 0.1) is 11.7 Å². The van der Waals surface area contributed by atoms with Gasteiger partial charge in [-0.2, -0.15) is 10.0 Å². The van der Waals surface area contributed by atoms with Crippen molar-refractivity contribution in [3.05, 3.63) is 52.8 Å². The molecule has 1 atom stereocenters. The van der Waals surface area contributed by atoms with E-state index in [9.17, 15) is 9.59 Å². The molecule has 11 heteroatoms. The predicted molar refractivity (Wildman–Crippen MR) is 142 cm³/mol. The normalized spacial score (nSPS) is 21.8. The molecule has 2 aliphatic rings. The number of benzene rings is 2. The van der Waals surface area contributed by atoms with Gasteiger partial charge in [0.2, 0.25) is 0 Å². The van der Waals surface area contributed by atoms with Crippen molar-refractivity contribution < 1.29 is 33.1 Å². The Morgan fingerprint density at radius 3 is 2.72 bits per heavy atom. The Labute approximate surface area is 230 Å². The highest BCUT2D eigenvalue weighted by molar-refractivity contribution is 6.33. The zero-order chi connectivity index (χ0) is 27.4. The number of fused-ring (bicyclic) bond motifs is 1. The summed E-state index contributed by atoms with van der Waals surface area (Å²) in [6.45, 7) is 0.984. The number of ether oxygens (including phenoxy) is 1. The van der Waals surface area contributed by atoms with Crippen LogP contribution in [0.5, 0.6) is 0 Å². The molecular formula is C28H31ClFN3O6. The zero-order valence-electron chi connectivity index (χ0n) is 21.4. The van der Waals surface area contributed by atoms with Gasteiger partial charge in [0.05, 0.1) is 35.4 Å². The standard InChI is InChI=1S/C28H31ClFN3O6/c29-22-5-1-2-6-23(22)31-28-32-24-12-9-18(25(30)26(24)39-28)14-20(34)16-38-33-13-3-4-19(33)15-37-21-10-7-17(8-11-21)27(35)36/h1-2,5-6,9,12,17,19,21H,3-4,7-8,10-11,13-16H2,(H,31,32)(H,35,36)/t17-,19-,21-/m0/s1.